The van der Waals surface area contributed by atoms with Gasteiger partial charge in [0.25, 0.3) is 0 Å². The third-order valence-electron chi connectivity index (χ3n) is 4.35. The highest BCUT2D eigenvalue weighted by atomic mass is 79.9. The van der Waals surface area contributed by atoms with Crippen molar-refractivity contribution >= 4 is 37.5 Å². The third kappa shape index (κ3) is 3.67. The number of halogens is 2. The van der Waals surface area contributed by atoms with Crippen LogP contribution in [0.1, 0.15) is 12.5 Å². The first kappa shape index (κ1) is 19.0. The van der Waals surface area contributed by atoms with Crippen LogP contribution in [0.4, 0.5) is 10.1 Å². The van der Waals surface area contributed by atoms with Crippen LogP contribution in [0.25, 0.3) is 0 Å². The molecule has 0 atom stereocenters. The lowest BCUT2D eigenvalue weighted by Crippen LogP contribution is -2.42. The zero-order chi connectivity index (χ0) is 18.9. The summed E-state index contributed by atoms with van der Waals surface area (Å²) >= 11 is 3.41. The first-order valence-electron chi connectivity index (χ1n) is 8.17. The van der Waals surface area contributed by atoms with Gasteiger partial charge in [0.05, 0.1) is 11.4 Å². The Bertz CT molecular complexity index is 932. The van der Waals surface area contributed by atoms with Crippen LogP contribution >= 0.6 is 15.9 Å². The molecule has 1 aliphatic heterocycles. The third-order valence-corrected chi connectivity index (χ3v) is 6.78. The molecule has 0 bridgehead atoms. The van der Waals surface area contributed by atoms with E-state index < -0.39 is 15.8 Å². The molecule has 0 aromatic heterocycles. The van der Waals surface area contributed by atoms with E-state index in [1.54, 1.807) is 11.8 Å². The molecule has 0 unspecified atom stereocenters. The van der Waals surface area contributed by atoms with Crippen molar-refractivity contribution < 1.29 is 17.6 Å². The van der Waals surface area contributed by atoms with Gasteiger partial charge in [-0.1, -0.05) is 22.9 Å². The number of nitrogens with zero attached hydrogens (tertiary/aromatic N) is 2. The summed E-state index contributed by atoms with van der Waals surface area (Å²) in [5.74, 6) is -0.790. The van der Waals surface area contributed by atoms with Crippen LogP contribution in [0.2, 0.25) is 0 Å². The van der Waals surface area contributed by atoms with E-state index in [1.165, 1.54) is 12.1 Å². The van der Waals surface area contributed by atoms with Crippen molar-refractivity contribution in [3.05, 3.63) is 58.3 Å². The molecule has 2 aromatic rings. The van der Waals surface area contributed by atoms with E-state index in [1.807, 2.05) is 18.2 Å². The van der Waals surface area contributed by atoms with Gasteiger partial charge in [-0.2, -0.15) is 4.31 Å². The van der Waals surface area contributed by atoms with Crippen molar-refractivity contribution in [2.45, 2.75) is 18.2 Å². The van der Waals surface area contributed by atoms with Crippen molar-refractivity contribution in [3.63, 3.8) is 0 Å². The second-order valence-electron chi connectivity index (χ2n) is 5.95. The van der Waals surface area contributed by atoms with E-state index in [0.29, 0.717) is 6.54 Å². The first-order chi connectivity index (χ1) is 12.3. The number of carbonyl (C=O) groups is 1. The second-order valence-corrected chi connectivity index (χ2v) is 8.81. The second kappa shape index (κ2) is 7.46. The number of amides is 1. The van der Waals surface area contributed by atoms with Gasteiger partial charge in [-0.15, -0.1) is 0 Å². The van der Waals surface area contributed by atoms with Crippen LogP contribution in [0, 0.1) is 5.82 Å². The number of hydrogen-bond donors (Lipinski definition) is 0. The van der Waals surface area contributed by atoms with E-state index in [2.05, 4.69) is 15.9 Å². The van der Waals surface area contributed by atoms with Gasteiger partial charge >= 0.3 is 0 Å². The van der Waals surface area contributed by atoms with Gasteiger partial charge in [-0.3, -0.25) is 4.79 Å². The van der Waals surface area contributed by atoms with E-state index >= 15 is 0 Å². The summed E-state index contributed by atoms with van der Waals surface area (Å²) in [7, 11) is -3.86. The van der Waals surface area contributed by atoms with Crippen LogP contribution in [0.15, 0.2) is 51.8 Å². The molecule has 0 spiro atoms. The van der Waals surface area contributed by atoms with Gasteiger partial charge in [0.2, 0.25) is 15.9 Å². The fraction of sp³-hybridized carbons (Fsp3) is 0.278. The molecule has 0 radical (unpaired) electrons. The van der Waals surface area contributed by atoms with Gasteiger partial charge in [-0.05, 0) is 54.4 Å². The Labute approximate surface area is 160 Å². The Kier molecular flexibility index (Phi) is 5.45. The normalized spacial score (nSPS) is 13.9. The maximum absolute atomic E-state index is 13.1. The highest BCUT2D eigenvalue weighted by molar-refractivity contribution is 9.10. The summed E-state index contributed by atoms with van der Waals surface area (Å²) in [6, 6.07) is 10.3. The molecule has 0 saturated carbocycles. The fourth-order valence-corrected chi connectivity index (χ4v) is 4.79. The lowest BCUT2D eigenvalue weighted by molar-refractivity contribution is -0.118. The van der Waals surface area contributed by atoms with Gasteiger partial charge in [0.1, 0.15) is 5.82 Å². The fourth-order valence-electron chi connectivity index (χ4n) is 2.99. The summed E-state index contributed by atoms with van der Waals surface area (Å²) in [6.45, 7) is 2.08. The van der Waals surface area contributed by atoms with Crippen LogP contribution in [0.3, 0.4) is 0 Å². The lowest BCUT2D eigenvalue weighted by atomic mass is 10.2. The van der Waals surface area contributed by atoms with Crippen molar-refractivity contribution in [2.24, 2.45) is 0 Å². The van der Waals surface area contributed by atoms with Gasteiger partial charge < -0.3 is 4.90 Å². The monoisotopic (exact) mass is 440 g/mol. The molecule has 0 aliphatic carbocycles. The molecule has 1 amide bonds. The largest absolute Gasteiger partial charge is 0.311 e. The Balaban J connectivity index is 1.81. The zero-order valence-electron chi connectivity index (χ0n) is 14.2. The molecule has 26 heavy (non-hydrogen) atoms. The molecular weight excluding hydrogens is 423 g/mol. The van der Waals surface area contributed by atoms with Crippen LogP contribution in [0.5, 0.6) is 0 Å². The molecular formula is C18H18BrFN2O3S. The standard InChI is InChI=1S/C18H18BrFN2O3S/c1-2-21(26(24,25)16-6-4-15(20)5-7-16)12-18(23)22-10-9-13-11-14(19)3-8-17(13)22/h3-8,11H,2,9-10,12H2,1H3. The summed E-state index contributed by atoms with van der Waals surface area (Å²) in [5.41, 5.74) is 1.87. The molecule has 2 aromatic carbocycles. The Hall–Kier alpha value is -1.77. The van der Waals surface area contributed by atoms with Crippen molar-refractivity contribution in [1.82, 2.24) is 4.31 Å². The van der Waals surface area contributed by atoms with Gasteiger partial charge in [-0.25, -0.2) is 12.8 Å². The smallest absolute Gasteiger partial charge is 0.243 e. The lowest BCUT2D eigenvalue weighted by Gasteiger charge is -2.24. The van der Waals surface area contributed by atoms with Crippen LogP contribution < -0.4 is 4.90 Å². The molecule has 1 heterocycles. The minimum absolute atomic E-state index is 0.0284. The average Bonchev–Trinajstić information content (AvgIpc) is 3.02. The van der Waals surface area contributed by atoms with E-state index in [9.17, 15) is 17.6 Å². The first-order valence-corrected chi connectivity index (χ1v) is 10.4. The minimum Gasteiger partial charge on any atom is -0.311 e. The predicted octanol–water partition coefficient (Wildman–Crippen LogP) is 3.19. The quantitative estimate of drug-likeness (QED) is 0.717. The molecule has 3 rings (SSSR count). The summed E-state index contributed by atoms with van der Waals surface area (Å²) in [6.07, 6.45) is 0.733. The Morgan fingerprint density at radius 1 is 1.23 bits per heavy atom. The molecule has 0 saturated heterocycles. The van der Waals surface area contributed by atoms with Crippen molar-refractivity contribution in [1.29, 1.82) is 0 Å². The number of sulfonamides is 1. The Morgan fingerprint density at radius 3 is 2.58 bits per heavy atom. The number of benzene rings is 2. The van der Waals surface area contributed by atoms with Gasteiger partial charge in [0.15, 0.2) is 0 Å². The minimum atomic E-state index is -3.86. The van der Waals surface area contributed by atoms with Gasteiger partial charge in [0, 0.05) is 23.2 Å². The van der Waals surface area contributed by atoms with Crippen LogP contribution in [-0.4, -0.2) is 38.3 Å². The SMILES string of the molecule is CCN(CC(=O)N1CCc2cc(Br)ccc21)S(=O)(=O)c1ccc(F)cc1. The highest BCUT2D eigenvalue weighted by Crippen LogP contribution is 2.30. The maximum atomic E-state index is 13.1. The number of rotatable bonds is 5. The number of carbonyl (C=O) groups excluding carboxylic acids is 1. The summed E-state index contributed by atoms with van der Waals surface area (Å²) in [4.78, 5) is 14.3. The molecule has 8 heteroatoms. The molecule has 138 valence electrons. The number of anilines is 1. The highest BCUT2D eigenvalue weighted by Gasteiger charge is 2.30. The van der Waals surface area contributed by atoms with E-state index in [-0.39, 0.29) is 23.9 Å². The topological polar surface area (TPSA) is 57.7 Å². The zero-order valence-corrected chi connectivity index (χ0v) is 16.6. The average molecular weight is 441 g/mol. The van der Waals surface area contributed by atoms with Crippen molar-refractivity contribution in [2.75, 3.05) is 24.5 Å². The maximum Gasteiger partial charge on any atom is 0.243 e. The molecule has 1 aliphatic rings. The summed E-state index contributed by atoms with van der Waals surface area (Å²) in [5, 5.41) is 0. The number of hydrogen-bond acceptors (Lipinski definition) is 3. The van der Waals surface area contributed by atoms with E-state index in [0.717, 1.165) is 38.6 Å². The predicted molar refractivity (Wildman–Crippen MR) is 101 cm³/mol. The van der Waals surface area contributed by atoms with E-state index in [4.69, 9.17) is 0 Å². The van der Waals surface area contributed by atoms with Crippen LogP contribution in [-0.2, 0) is 21.2 Å². The molecule has 0 fully saturated rings. The summed E-state index contributed by atoms with van der Waals surface area (Å²) < 4.78 is 40.6. The Morgan fingerprint density at radius 2 is 1.92 bits per heavy atom. The number of fused-ring (bicyclic) bond motifs is 1. The van der Waals surface area contributed by atoms with Crippen molar-refractivity contribution in [3.8, 4) is 0 Å². The number of likely N-dealkylation sites (N-methyl/N-ethyl adjacent to an activating group) is 1. The molecule has 0 N–H and O–H groups in total. The molecule has 5 nitrogen and oxygen atoms in total.